The normalized spacial score (nSPS) is 10.7. The summed E-state index contributed by atoms with van der Waals surface area (Å²) in [5.41, 5.74) is 6.52. The van der Waals surface area contributed by atoms with Crippen LogP contribution in [-0.4, -0.2) is 28.2 Å². The minimum absolute atomic E-state index is 0.0923. The zero-order chi connectivity index (χ0) is 20.6. The molecule has 1 heterocycles. The van der Waals surface area contributed by atoms with Crippen molar-refractivity contribution in [3.05, 3.63) is 78.1 Å². The topological polar surface area (TPSA) is 89.4 Å². The van der Waals surface area contributed by atoms with Gasteiger partial charge in [0, 0.05) is 32.4 Å². The number of carbonyl (C=O) groups is 2. The van der Waals surface area contributed by atoms with Gasteiger partial charge in [-0.15, -0.1) is 0 Å². The van der Waals surface area contributed by atoms with Gasteiger partial charge in [-0.2, -0.15) is 0 Å². The maximum atomic E-state index is 13.9. The summed E-state index contributed by atoms with van der Waals surface area (Å²) in [6.07, 6.45) is 1.97. The van der Waals surface area contributed by atoms with E-state index in [2.05, 4.69) is 4.98 Å². The van der Waals surface area contributed by atoms with E-state index in [9.17, 15) is 14.0 Å². The minimum atomic E-state index is -0.460. The van der Waals surface area contributed by atoms with Crippen LogP contribution in [0.15, 0.2) is 65.2 Å². The van der Waals surface area contributed by atoms with Crippen molar-refractivity contribution in [3.8, 4) is 11.3 Å². The molecular formula is C22H22FN3O3. The minimum Gasteiger partial charge on any atom is -0.441 e. The van der Waals surface area contributed by atoms with E-state index in [1.54, 1.807) is 23.1 Å². The molecule has 2 N–H and O–H groups in total. The monoisotopic (exact) mass is 395 g/mol. The molecule has 0 saturated heterocycles. The highest BCUT2D eigenvalue weighted by atomic mass is 19.1. The lowest BCUT2D eigenvalue weighted by molar-refractivity contribution is -0.132. The Hall–Kier alpha value is -3.48. The predicted octanol–water partition coefficient (Wildman–Crippen LogP) is 3.32. The Morgan fingerprint density at radius 1 is 1.03 bits per heavy atom. The van der Waals surface area contributed by atoms with Gasteiger partial charge in [0.15, 0.2) is 11.7 Å². The Balaban J connectivity index is 1.63. The van der Waals surface area contributed by atoms with Gasteiger partial charge in [-0.3, -0.25) is 9.59 Å². The first kappa shape index (κ1) is 20.3. The first-order valence-corrected chi connectivity index (χ1v) is 9.32. The van der Waals surface area contributed by atoms with Gasteiger partial charge in [0.05, 0.1) is 11.8 Å². The van der Waals surface area contributed by atoms with Crippen molar-refractivity contribution < 1.29 is 18.4 Å². The number of aryl methyl sites for hydroxylation is 1. The summed E-state index contributed by atoms with van der Waals surface area (Å²) in [6.45, 7) is 0.633. The SMILES string of the molecule is NC(=O)CCN(Cc1ccccc1)C(=O)CCc1ncc(-c2ccccc2F)o1. The molecule has 0 fully saturated rings. The van der Waals surface area contributed by atoms with Gasteiger partial charge in [0.1, 0.15) is 5.82 Å². The Morgan fingerprint density at radius 3 is 2.48 bits per heavy atom. The number of rotatable bonds is 9. The number of oxazole rings is 1. The van der Waals surface area contributed by atoms with E-state index in [1.165, 1.54) is 12.3 Å². The second-order valence-corrected chi connectivity index (χ2v) is 6.62. The number of primary amides is 1. The molecule has 0 radical (unpaired) electrons. The quantitative estimate of drug-likeness (QED) is 0.602. The van der Waals surface area contributed by atoms with Gasteiger partial charge in [-0.1, -0.05) is 42.5 Å². The van der Waals surface area contributed by atoms with Crippen LogP contribution in [0.1, 0.15) is 24.3 Å². The van der Waals surface area contributed by atoms with Crippen molar-refractivity contribution in [2.75, 3.05) is 6.54 Å². The van der Waals surface area contributed by atoms with Crippen molar-refractivity contribution >= 4 is 11.8 Å². The lowest BCUT2D eigenvalue weighted by Crippen LogP contribution is -2.33. The number of nitrogens with zero attached hydrogens (tertiary/aromatic N) is 2. The van der Waals surface area contributed by atoms with Gasteiger partial charge < -0.3 is 15.1 Å². The van der Waals surface area contributed by atoms with E-state index in [4.69, 9.17) is 10.2 Å². The fourth-order valence-electron chi connectivity index (χ4n) is 2.92. The molecule has 2 aromatic carbocycles. The predicted molar refractivity (Wildman–Crippen MR) is 106 cm³/mol. The second-order valence-electron chi connectivity index (χ2n) is 6.62. The van der Waals surface area contributed by atoms with Crippen LogP contribution in [0.4, 0.5) is 4.39 Å². The lowest BCUT2D eigenvalue weighted by atomic mass is 10.2. The number of carbonyl (C=O) groups excluding carboxylic acids is 2. The Morgan fingerprint density at radius 2 is 1.76 bits per heavy atom. The summed E-state index contributed by atoms with van der Waals surface area (Å²) < 4.78 is 19.5. The van der Waals surface area contributed by atoms with Crippen LogP contribution in [0.2, 0.25) is 0 Å². The molecule has 1 aromatic heterocycles. The third-order valence-electron chi connectivity index (χ3n) is 4.44. The van der Waals surface area contributed by atoms with Crippen LogP contribution < -0.4 is 5.73 Å². The molecule has 0 aliphatic heterocycles. The average molecular weight is 395 g/mol. The number of halogens is 1. The van der Waals surface area contributed by atoms with Crippen molar-refractivity contribution in [1.29, 1.82) is 0 Å². The summed E-state index contributed by atoms with van der Waals surface area (Å²) in [4.78, 5) is 29.6. The molecule has 2 amide bonds. The molecule has 0 unspecified atom stereocenters. The van der Waals surface area contributed by atoms with Crippen LogP contribution in [0.3, 0.4) is 0 Å². The smallest absolute Gasteiger partial charge is 0.223 e. The first-order valence-electron chi connectivity index (χ1n) is 9.32. The maximum absolute atomic E-state index is 13.9. The molecule has 0 spiro atoms. The van der Waals surface area contributed by atoms with Gasteiger partial charge in [-0.25, -0.2) is 9.37 Å². The third kappa shape index (κ3) is 5.75. The third-order valence-corrected chi connectivity index (χ3v) is 4.44. The van der Waals surface area contributed by atoms with Crippen LogP contribution >= 0.6 is 0 Å². The largest absolute Gasteiger partial charge is 0.441 e. The van der Waals surface area contributed by atoms with Crippen molar-refractivity contribution in [3.63, 3.8) is 0 Å². The standard InChI is InChI=1S/C22H22FN3O3/c23-18-9-5-4-8-17(18)19-14-25-21(29-19)10-11-22(28)26(13-12-20(24)27)15-16-6-2-1-3-7-16/h1-9,14H,10-13,15H2,(H2,24,27). The molecule has 0 aliphatic carbocycles. The lowest BCUT2D eigenvalue weighted by Gasteiger charge is -2.22. The average Bonchev–Trinajstić information content (AvgIpc) is 3.19. The van der Waals surface area contributed by atoms with Crippen molar-refractivity contribution in [1.82, 2.24) is 9.88 Å². The van der Waals surface area contributed by atoms with Crippen LogP contribution in [-0.2, 0) is 22.6 Å². The molecule has 0 atom stereocenters. The molecule has 3 aromatic rings. The molecule has 0 aliphatic rings. The molecule has 3 rings (SSSR count). The van der Waals surface area contributed by atoms with Crippen LogP contribution in [0.25, 0.3) is 11.3 Å². The summed E-state index contributed by atoms with van der Waals surface area (Å²) in [5.74, 6) is -0.322. The molecule has 29 heavy (non-hydrogen) atoms. The summed E-state index contributed by atoms with van der Waals surface area (Å²) >= 11 is 0. The summed E-state index contributed by atoms with van der Waals surface area (Å²) in [5, 5.41) is 0. The first-order chi connectivity index (χ1) is 14.0. The zero-order valence-corrected chi connectivity index (χ0v) is 15.9. The molecule has 6 nitrogen and oxygen atoms in total. The molecule has 0 bridgehead atoms. The van der Waals surface area contributed by atoms with Gasteiger partial charge in [0.25, 0.3) is 0 Å². The Labute approximate surface area is 168 Å². The highest BCUT2D eigenvalue weighted by Gasteiger charge is 2.17. The fourth-order valence-corrected chi connectivity index (χ4v) is 2.92. The Bertz CT molecular complexity index is 972. The van der Waals surface area contributed by atoms with E-state index in [-0.39, 0.29) is 31.7 Å². The van der Waals surface area contributed by atoms with Crippen LogP contribution in [0.5, 0.6) is 0 Å². The number of hydrogen-bond acceptors (Lipinski definition) is 4. The van der Waals surface area contributed by atoms with E-state index >= 15 is 0 Å². The van der Waals surface area contributed by atoms with Crippen LogP contribution in [0, 0.1) is 5.82 Å². The summed E-state index contributed by atoms with van der Waals surface area (Å²) in [6, 6.07) is 15.8. The van der Waals surface area contributed by atoms with E-state index in [1.807, 2.05) is 30.3 Å². The second kappa shape index (κ2) is 9.64. The number of benzene rings is 2. The van der Waals surface area contributed by atoms with Gasteiger partial charge >= 0.3 is 0 Å². The number of aromatic nitrogens is 1. The van der Waals surface area contributed by atoms with Crippen molar-refractivity contribution in [2.24, 2.45) is 5.73 Å². The van der Waals surface area contributed by atoms with Crippen molar-refractivity contribution in [2.45, 2.75) is 25.8 Å². The van der Waals surface area contributed by atoms with Gasteiger partial charge in [0.2, 0.25) is 11.8 Å². The number of hydrogen-bond donors (Lipinski definition) is 1. The van der Waals surface area contributed by atoms with Gasteiger partial charge in [-0.05, 0) is 17.7 Å². The van der Waals surface area contributed by atoms with E-state index < -0.39 is 11.7 Å². The number of amides is 2. The Kier molecular flexibility index (Phi) is 6.73. The highest BCUT2D eigenvalue weighted by molar-refractivity contribution is 5.78. The molecular weight excluding hydrogens is 373 g/mol. The fraction of sp³-hybridized carbons (Fsp3) is 0.227. The van der Waals surface area contributed by atoms with E-state index in [0.29, 0.717) is 23.8 Å². The molecule has 150 valence electrons. The summed E-state index contributed by atoms with van der Waals surface area (Å²) in [7, 11) is 0. The highest BCUT2D eigenvalue weighted by Crippen LogP contribution is 2.23. The van der Waals surface area contributed by atoms with E-state index in [0.717, 1.165) is 5.56 Å². The zero-order valence-electron chi connectivity index (χ0n) is 15.9. The molecule has 0 saturated carbocycles. The number of nitrogens with two attached hydrogens (primary N) is 1. The maximum Gasteiger partial charge on any atom is 0.223 e. The molecule has 7 heteroatoms.